The van der Waals surface area contributed by atoms with Crippen LogP contribution in [0.15, 0.2) is 67.0 Å². The first kappa shape index (κ1) is 17.7. The molecule has 1 aliphatic rings. The summed E-state index contributed by atoms with van der Waals surface area (Å²) in [7, 11) is 1.72. The molecule has 1 aliphatic heterocycles. The molecule has 0 spiro atoms. The molecular weight excluding hydrogens is 334 g/mol. The van der Waals surface area contributed by atoms with Crippen LogP contribution >= 0.6 is 0 Å². The van der Waals surface area contributed by atoms with E-state index in [1.807, 2.05) is 36.7 Å². The number of benzene rings is 1. The Balaban J connectivity index is 1.53. The van der Waals surface area contributed by atoms with Crippen LogP contribution in [0.4, 0.5) is 0 Å². The average molecular weight is 359 g/mol. The van der Waals surface area contributed by atoms with Crippen LogP contribution in [0.5, 0.6) is 5.75 Å². The quantitative estimate of drug-likeness (QED) is 0.653. The fraction of sp³-hybridized carbons (Fsp3) is 0.304. The number of rotatable bonds is 6. The van der Waals surface area contributed by atoms with Crippen LogP contribution < -0.4 is 4.74 Å². The maximum absolute atomic E-state index is 5.49. The van der Waals surface area contributed by atoms with Gasteiger partial charge in [0.1, 0.15) is 5.75 Å². The van der Waals surface area contributed by atoms with Crippen molar-refractivity contribution in [2.24, 2.45) is 0 Å². The number of hydrogen-bond donors (Lipinski definition) is 0. The maximum atomic E-state index is 5.49. The molecule has 0 bridgehead atoms. The molecule has 4 heteroatoms. The second-order valence-corrected chi connectivity index (χ2v) is 7.03. The van der Waals surface area contributed by atoms with Gasteiger partial charge in [-0.15, -0.1) is 0 Å². The molecule has 138 valence electrons. The van der Waals surface area contributed by atoms with Crippen molar-refractivity contribution in [1.29, 1.82) is 0 Å². The maximum Gasteiger partial charge on any atom is 0.122 e. The third kappa shape index (κ3) is 4.17. The average Bonchev–Trinajstić information content (AvgIpc) is 3.17. The number of para-hydroxylation sites is 1. The molecule has 4 nitrogen and oxygen atoms in total. The second-order valence-electron chi connectivity index (χ2n) is 7.03. The molecule has 27 heavy (non-hydrogen) atoms. The molecule has 1 fully saturated rings. The van der Waals surface area contributed by atoms with Crippen LogP contribution in [0.3, 0.4) is 0 Å². The molecule has 4 rings (SSSR count). The Morgan fingerprint density at radius 1 is 1.07 bits per heavy atom. The summed E-state index contributed by atoms with van der Waals surface area (Å²) in [5.41, 5.74) is 4.69. The Bertz CT molecular complexity index is 882. The SMILES string of the molecule is COc1ccccc1Cc1cccc([C@@H]2CCCN2Cc2cccnc2)n1. The van der Waals surface area contributed by atoms with Gasteiger partial charge in [0.2, 0.25) is 0 Å². The van der Waals surface area contributed by atoms with Gasteiger partial charge in [-0.05, 0) is 49.2 Å². The van der Waals surface area contributed by atoms with E-state index in [0.29, 0.717) is 6.04 Å². The van der Waals surface area contributed by atoms with Crippen LogP contribution in [0, 0.1) is 0 Å². The molecule has 0 radical (unpaired) electrons. The van der Waals surface area contributed by atoms with Gasteiger partial charge in [0.15, 0.2) is 0 Å². The van der Waals surface area contributed by atoms with E-state index in [9.17, 15) is 0 Å². The minimum Gasteiger partial charge on any atom is -0.496 e. The summed E-state index contributed by atoms with van der Waals surface area (Å²) in [4.78, 5) is 11.8. The van der Waals surface area contributed by atoms with Crippen molar-refractivity contribution in [1.82, 2.24) is 14.9 Å². The zero-order valence-corrected chi connectivity index (χ0v) is 15.7. The molecule has 1 aromatic carbocycles. The van der Waals surface area contributed by atoms with Crippen molar-refractivity contribution >= 4 is 0 Å². The van der Waals surface area contributed by atoms with Gasteiger partial charge in [-0.1, -0.05) is 30.3 Å². The van der Waals surface area contributed by atoms with Crippen LogP contribution in [0.1, 0.15) is 41.4 Å². The molecule has 0 unspecified atom stereocenters. The second kappa shape index (κ2) is 8.31. The van der Waals surface area contributed by atoms with Crippen molar-refractivity contribution in [2.45, 2.75) is 31.8 Å². The largest absolute Gasteiger partial charge is 0.496 e. The number of hydrogen-bond acceptors (Lipinski definition) is 4. The molecule has 0 aliphatic carbocycles. The number of pyridine rings is 2. The van der Waals surface area contributed by atoms with Crippen molar-refractivity contribution in [3.63, 3.8) is 0 Å². The number of aromatic nitrogens is 2. The minimum atomic E-state index is 0.378. The van der Waals surface area contributed by atoms with Crippen LogP contribution in [0.2, 0.25) is 0 Å². The number of nitrogens with zero attached hydrogens (tertiary/aromatic N) is 3. The van der Waals surface area contributed by atoms with Gasteiger partial charge >= 0.3 is 0 Å². The molecule has 0 N–H and O–H groups in total. The Kier molecular flexibility index (Phi) is 5.45. The molecule has 1 atom stereocenters. The van der Waals surface area contributed by atoms with Gasteiger partial charge in [-0.25, -0.2) is 0 Å². The number of ether oxygens (including phenoxy) is 1. The van der Waals surface area contributed by atoms with E-state index in [4.69, 9.17) is 9.72 Å². The summed E-state index contributed by atoms with van der Waals surface area (Å²) in [5, 5.41) is 0. The smallest absolute Gasteiger partial charge is 0.122 e. The molecule has 3 heterocycles. The van der Waals surface area contributed by atoms with Crippen molar-refractivity contribution < 1.29 is 4.74 Å². The third-order valence-electron chi connectivity index (χ3n) is 5.21. The van der Waals surface area contributed by atoms with Crippen LogP contribution in [-0.4, -0.2) is 28.5 Å². The zero-order valence-electron chi connectivity index (χ0n) is 15.7. The van der Waals surface area contributed by atoms with Gasteiger partial charge in [0.05, 0.1) is 18.8 Å². The Morgan fingerprint density at radius 2 is 2.00 bits per heavy atom. The number of likely N-dealkylation sites (tertiary alicyclic amines) is 1. The third-order valence-corrected chi connectivity index (χ3v) is 5.21. The summed E-state index contributed by atoms with van der Waals surface area (Å²) in [6.07, 6.45) is 6.94. The lowest BCUT2D eigenvalue weighted by atomic mass is 10.1. The normalized spacial score (nSPS) is 17.1. The lowest BCUT2D eigenvalue weighted by Crippen LogP contribution is -2.23. The summed E-state index contributed by atoms with van der Waals surface area (Å²) in [5.74, 6) is 0.920. The van der Waals surface area contributed by atoms with E-state index in [1.54, 1.807) is 7.11 Å². The van der Waals surface area contributed by atoms with Gasteiger partial charge < -0.3 is 4.74 Å². The van der Waals surface area contributed by atoms with Gasteiger partial charge in [-0.2, -0.15) is 0 Å². The molecule has 0 amide bonds. The van der Waals surface area contributed by atoms with E-state index in [0.717, 1.165) is 37.4 Å². The first-order chi connectivity index (χ1) is 13.3. The van der Waals surface area contributed by atoms with Crippen molar-refractivity contribution in [2.75, 3.05) is 13.7 Å². The van der Waals surface area contributed by atoms with Crippen LogP contribution in [0.25, 0.3) is 0 Å². The summed E-state index contributed by atoms with van der Waals surface area (Å²) >= 11 is 0. The summed E-state index contributed by atoms with van der Waals surface area (Å²) < 4.78 is 5.49. The van der Waals surface area contributed by atoms with E-state index in [1.165, 1.54) is 23.2 Å². The molecule has 0 saturated carbocycles. The standard InChI is InChI=1S/C23H25N3O/c1-27-23-12-3-2-8-19(23)15-20-9-4-10-21(25-20)22-11-6-14-26(22)17-18-7-5-13-24-16-18/h2-5,7-10,12-13,16,22H,6,11,14-15,17H2,1H3/t22-/m0/s1. The lowest BCUT2D eigenvalue weighted by Gasteiger charge is -2.24. The molecular formula is C23H25N3O. The predicted molar refractivity (Wildman–Crippen MR) is 107 cm³/mol. The van der Waals surface area contributed by atoms with E-state index in [2.05, 4.69) is 40.2 Å². The Morgan fingerprint density at radius 3 is 2.85 bits per heavy atom. The van der Waals surface area contributed by atoms with Crippen molar-refractivity contribution in [3.05, 3.63) is 89.5 Å². The first-order valence-electron chi connectivity index (χ1n) is 9.54. The molecule has 2 aromatic heterocycles. The highest BCUT2D eigenvalue weighted by Gasteiger charge is 2.27. The van der Waals surface area contributed by atoms with E-state index < -0.39 is 0 Å². The van der Waals surface area contributed by atoms with Crippen LogP contribution in [-0.2, 0) is 13.0 Å². The molecule has 3 aromatic rings. The van der Waals surface area contributed by atoms with Gasteiger partial charge in [0.25, 0.3) is 0 Å². The topological polar surface area (TPSA) is 38.2 Å². The molecule has 1 saturated heterocycles. The Hall–Kier alpha value is -2.72. The first-order valence-corrected chi connectivity index (χ1v) is 9.54. The summed E-state index contributed by atoms with van der Waals surface area (Å²) in [6, 6.07) is 19.1. The summed E-state index contributed by atoms with van der Waals surface area (Å²) in [6.45, 7) is 2.04. The predicted octanol–water partition coefficient (Wildman–Crippen LogP) is 4.41. The zero-order chi connectivity index (χ0) is 18.5. The van der Waals surface area contributed by atoms with E-state index in [-0.39, 0.29) is 0 Å². The lowest BCUT2D eigenvalue weighted by molar-refractivity contribution is 0.244. The highest BCUT2D eigenvalue weighted by molar-refractivity contribution is 5.36. The Labute approximate surface area is 160 Å². The van der Waals surface area contributed by atoms with Gasteiger partial charge in [-0.3, -0.25) is 14.9 Å². The highest BCUT2D eigenvalue weighted by Crippen LogP contribution is 2.32. The highest BCUT2D eigenvalue weighted by atomic mass is 16.5. The van der Waals surface area contributed by atoms with Crippen molar-refractivity contribution in [3.8, 4) is 5.75 Å². The fourth-order valence-corrected chi connectivity index (χ4v) is 3.90. The monoisotopic (exact) mass is 359 g/mol. The van der Waals surface area contributed by atoms with Gasteiger partial charge in [0, 0.05) is 36.6 Å². The minimum absolute atomic E-state index is 0.378. The fourth-order valence-electron chi connectivity index (χ4n) is 3.90. The number of methoxy groups -OCH3 is 1. The van der Waals surface area contributed by atoms with E-state index >= 15 is 0 Å².